The lowest BCUT2D eigenvalue weighted by molar-refractivity contribution is -0.131. The van der Waals surface area contributed by atoms with Gasteiger partial charge in [0.15, 0.2) is 5.17 Å². The van der Waals surface area contributed by atoms with Crippen LogP contribution >= 0.6 is 35.0 Å². The minimum atomic E-state index is -0.918. The molecule has 29 heavy (non-hydrogen) atoms. The van der Waals surface area contributed by atoms with E-state index < -0.39 is 11.5 Å². The summed E-state index contributed by atoms with van der Waals surface area (Å²) in [5.74, 6) is -0.887. The van der Waals surface area contributed by atoms with Crippen LogP contribution in [0, 0.1) is 5.92 Å². The summed E-state index contributed by atoms with van der Waals surface area (Å²) in [4.78, 5) is 19.4. The highest BCUT2D eigenvalue weighted by Crippen LogP contribution is 2.56. The number of carboxylic acid groups (broad SMARTS) is 1. The monoisotopic (exact) mass is 446 g/mol. The Hall–Kier alpha value is -1.95. The molecule has 2 heterocycles. The van der Waals surface area contributed by atoms with Gasteiger partial charge in [0.1, 0.15) is 10.4 Å². The lowest BCUT2D eigenvalue weighted by atomic mass is 9.81. The summed E-state index contributed by atoms with van der Waals surface area (Å²) < 4.78 is 0. The average Bonchev–Trinajstić information content (AvgIpc) is 3.16. The van der Waals surface area contributed by atoms with E-state index in [4.69, 9.17) is 28.2 Å². The van der Waals surface area contributed by atoms with E-state index in [0.717, 1.165) is 16.8 Å². The van der Waals surface area contributed by atoms with Crippen molar-refractivity contribution in [1.82, 2.24) is 4.90 Å². The van der Waals surface area contributed by atoms with Gasteiger partial charge in [-0.15, -0.1) is 0 Å². The highest BCUT2D eigenvalue weighted by atomic mass is 35.5. The van der Waals surface area contributed by atoms with Crippen LogP contribution in [0.1, 0.15) is 37.9 Å². The summed E-state index contributed by atoms with van der Waals surface area (Å²) in [6.07, 6.45) is 0. The minimum absolute atomic E-state index is 0.0312. The predicted molar refractivity (Wildman–Crippen MR) is 119 cm³/mol. The fourth-order valence-electron chi connectivity index (χ4n) is 4.06. The highest BCUT2D eigenvalue weighted by Gasteiger charge is 2.53. The molecule has 2 aromatic rings. The molecule has 2 aliphatic heterocycles. The molecule has 2 aromatic carbocycles. The van der Waals surface area contributed by atoms with Crippen LogP contribution in [0.3, 0.4) is 0 Å². The molecular formula is C22H20Cl2N2O2S. The number of thioether (sulfide) groups is 1. The Kier molecular flexibility index (Phi) is 5.18. The molecule has 0 spiro atoms. The van der Waals surface area contributed by atoms with Crippen molar-refractivity contribution in [3.05, 3.63) is 80.3 Å². The molecule has 0 unspecified atom stereocenters. The molecule has 2 atom stereocenters. The number of aliphatic carboxylic acids is 1. The van der Waals surface area contributed by atoms with E-state index in [9.17, 15) is 9.90 Å². The third-order valence-electron chi connectivity index (χ3n) is 5.37. The second kappa shape index (κ2) is 7.38. The molecule has 4 nitrogen and oxygen atoms in total. The molecular weight excluding hydrogens is 427 g/mol. The third-order valence-corrected chi connectivity index (χ3v) is 6.93. The molecule has 0 saturated carbocycles. The topological polar surface area (TPSA) is 52.9 Å². The molecule has 7 heteroatoms. The Morgan fingerprint density at radius 2 is 1.66 bits per heavy atom. The van der Waals surface area contributed by atoms with E-state index in [1.807, 2.05) is 62.4 Å². The van der Waals surface area contributed by atoms with E-state index >= 15 is 0 Å². The van der Waals surface area contributed by atoms with Crippen molar-refractivity contribution >= 4 is 46.1 Å². The van der Waals surface area contributed by atoms with Crippen molar-refractivity contribution in [2.75, 3.05) is 0 Å². The van der Waals surface area contributed by atoms with Gasteiger partial charge in [-0.3, -0.25) is 0 Å². The van der Waals surface area contributed by atoms with Crippen molar-refractivity contribution in [3.8, 4) is 0 Å². The highest BCUT2D eigenvalue weighted by molar-refractivity contribution is 8.18. The molecule has 0 fully saturated rings. The summed E-state index contributed by atoms with van der Waals surface area (Å²) in [5, 5.41) is 11.8. The van der Waals surface area contributed by atoms with Gasteiger partial charge in [0.25, 0.3) is 0 Å². The number of rotatable bonds is 4. The van der Waals surface area contributed by atoms with Gasteiger partial charge in [0.2, 0.25) is 0 Å². The van der Waals surface area contributed by atoms with Gasteiger partial charge in [-0.05, 0) is 60.0 Å². The first-order valence-electron chi connectivity index (χ1n) is 9.28. The number of allylic oxidation sites excluding steroid dienone is 1. The zero-order valence-corrected chi connectivity index (χ0v) is 18.5. The third kappa shape index (κ3) is 3.35. The van der Waals surface area contributed by atoms with Gasteiger partial charge in [-0.25, -0.2) is 9.79 Å². The summed E-state index contributed by atoms with van der Waals surface area (Å²) in [7, 11) is 0. The minimum Gasteiger partial charge on any atom is -0.477 e. The van der Waals surface area contributed by atoms with Crippen molar-refractivity contribution in [2.24, 2.45) is 10.9 Å². The summed E-state index contributed by atoms with van der Waals surface area (Å²) >= 11 is 13.5. The molecule has 0 bridgehead atoms. The number of aliphatic imine (C=N–C) groups is 1. The van der Waals surface area contributed by atoms with Crippen molar-refractivity contribution in [1.29, 1.82) is 0 Å². The quantitative estimate of drug-likeness (QED) is 0.596. The van der Waals surface area contributed by atoms with E-state index in [-0.39, 0.29) is 12.0 Å². The van der Waals surface area contributed by atoms with Crippen molar-refractivity contribution < 1.29 is 9.90 Å². The maximum absolute atomic E-state index is 11.9. The number of benzene rings is 2. The van der Waals surface area contributed by atoms with Gasteiger partial charge in [0, 0.05) is 15.7 Å². The van der Waals surface area contributed by atoms with Crippen LogP contribution in [0.5, 0.6) is 0 Å². The molecule has 4 rings (SSSR count). The molecule has 0 aliphatic carbocycles. The van der Waals surface area contributed by atoms with Crippen LogP contribution in [0.25, 0.3) is 0 Å². The van der Waals surface area contributed by atoms with Crippen molar-refractivity contribution in [2.45, 2.75) is 32.4 Å². The largest absolute Gasteiger partial charge is 0.477 e. The Bertz CT molecular complexity index is 1030. The predicted octanol–water partition coefficient (Wildman–Crippen LogP) is 6.32. The maximum atomic E-state index is 11.9. The molecule has 0 aromatic heterocycles. The molecule has 150 valence electrons. The van der Waals surface area contributed by atoms with Crippen LogP contribution < -0.4 is 0 Å². The number of fused-ring (bicyclic) bond motifs is 1. The van der Waals surface area contributed by atoms with Crippen molar-refractivity contribution in [3.63, 3.8) is 0 Å². The van der Waals surface area contributed by atoms with Crippen LogP contribution in [0.15, 0.2) is 64.1 Å². The normalized spacial score (nSPS) is 23.6. The summed E-state index contributed by atoms with van der Waals surface area (Å²) in [6.45, 7) is 6.11. The van der Waals surface area contributed by atoms with E-state index in [1.54, 1.807) is 0 Å². The molecule has 0 amide bonds. The van der Waals surface area contributed by atoms with E-state index in [2.05, 4.69) is 11.8 Å². The van der Waals surface area contributed by atoms with E-state index in [0.29, 0.717) is 20.1 Å². The van der Waals surface area contributed by atoms with Gasteiger partial charge in [-0.2, -0.15) is 0 Å². The average molecular weight is 447 g/mol. The number of carbonyl (C=O) groups is 1. The molecule has 0 radical (unpaired) electrons. The van der Waals surface area contributed by atoms with Crippen LogP contribution in [0.2, 0.25) is 10.0 Å². The maximum Gasteiger partial charge on any atom is 0.344 e. The van der Waals surface area contributed by atoms with Crippen LogP contribution in [-0.2, 0) is 10.3 Å². The second-order valence-electron chi connectivity index (χ2n) is 7.65. The fraction of sp³-hybridized carbons (Fsp3) is 0.273. The standard InChI is InChI=1S/C22H20Cl2N2O2S/c1-12(2)17-18(20(27)28)29-21-25-22(3,14-6-10-16(24)11-7-14)19(26(17)21)13-4-8-15(23)9-5-13/h4-12,19H,1-3H3,(H,27,28)/t19-,22+/m0/s1. The Labute approximate surface area is 184 Å². The molecule has 2 aliphatic rings. The lowest BCUT2D eigenvalue weighted by Gasteiger charge is -2.37. The first kappa shape index (κ1) is 20.3. The lowest BCUT2D eigenvalue weighted by Crippen LogP contribution is -2.36. The first-order chi connectivity index (χ1) is 13.7. The number of halogens is 2. The number of carboxylic acids is 1. The second-order valence-corrected chi connectivity index (χ2v) is 9.50. The summed E-state index contributed by atoms with van der Waals surface area (Å²) in [6, 6.07) is 15.2. The Balaban J connectivity index is 1.92. The molecule has 1 N–H and O–H groups in total. The zero-order valence-electron chi connectivity index (χ0n) is 16.2. The SMILES string of the molecule is CC(C)C1=C(C(=O)O)SC2=N[C@](C)(c3ccc(Cl)cc3)[C@H](c3ccc(Cl)cc3)N21. The molecule has 0 saturated heterocycles. The van der Waals surface area contributed by atoms with Crippen LogP contribution in [0.4, 0.5) is 0 Å². The number of hydrogen-bond acceptors (Lipinski definition) is 4. The number of nitrogens with zero attached hydrogens (tertiary/aromatic N) is 2. The zero-order chi connectivity index (χ0) is 20.9. The van der Waals surface area contributed by atoms with Gasteiger partial charge in [-0.1, -0.05) is 61.3 Å². The Morgan fingerprint density at radius 3 is 2.17 bits per heavy atom. The van der Waals surface area contributed by atoms with Gasteiger partial charge in [0.05, 0.1) is 6.04 Å². The smallest absolute Gasteiger partial charge is 0.344 e. The fourth-order valence-corrected chi connectivity index (χ4v) is 5.56. The van der Waals surface area contributed by atoms with Gasteiger partial charge < -0.3 is 10.0 Å². The number of amidine groups is 1. The Morgan fingerprint density at radius 1 is 1.10 bits per heavy atom. The first-order valence-corrected chi connectivity index (χ1v) is 10.9. The number of hydrogen-bond donors (Lipinski definition) is 1. The van der Waals surface area contributed by atoms with Crippen LogP contribution in [-0.4, -0.2) is 21.1 Å². The van der Waals surface area contributed by atoms with Gasteiger partial charge >= 0.3 is 5.97 Å². The summed E-state index contributed by atoms with van der Waals surface area (Å²) in [5.41, 5.74) is 2.23. The van der Waals surface area contributed by atoms with E-state index in [1.165, 1.54) is 11.8 Å².